The molecular weight excluding hydrogens is 396 g/mol. The quantitative estimate of drug-likeness (QED) is 0.333. The van der Waals surface area contributed by atoms with Crippen LogP contribution < -0.4 is 0 Å². The number of hydrogen-bond donors (Lipinski definition) is 0. The van der Waals surface area contributed by atoms with Gasteiger partial charge in [0.1, 0.15) is 0 Å². The van der Waals surface area contributed by atoms with Gasteiger partial charge in [0.2, 0.25) is 0 Å². The van der Waals surface area contributed by atoms with Crippen molar-refractivity contribution in [3.05, 3.63) is 0 Å². The SMILES string of the molecule is CN(C)B(C#CB(N(C)C)N(C)C)N(C)C.CN(C)B(C#CB(N(C)C)N(C)C)N(C)C. The molecule has 0 atom stereocenters. The largest absolute Gasteiger partial charge is 0.398 e. The Morgan fingerprint density at radius 3 is 0.406 bits per heavy atom. The van der Waals surface area contributed by atoms with Crippen molar-refractivity contribution in [3.63, 3.8) is 0 Å². The third kappa shape index (κ3) is 13.6. The maximum absolute atomic E-state index is 3.30. The van der Waals surface area contributed by atoms with Gasteiger partial charge in [0.05, 0.1) is 0 Å². The average molecular weight is 444 g/mol. The van der Waals surface area contributed by atoms with Crippen molar-refractivity contribution in [1.29, 1.82) is 0 Å². The molecule has 0 bridgehead atoms. The first kappa shape index (κ1) is 33.2. The average Bonchev–Trinajstić information content (AvgIpc) is 2.59. The normalized spacial score (nSPS) is 11.0. The van der Waals surface area contributed by atoms with Gasteiger partial charge >= 0.3 is 27.9 Å². The Morgan fingerprint density at radius 2 is 0.344 bits per heavy atom. The summed E-state index contributed by atoms with van der Waals surface area (Å²) in [5.41, 5.74) is 0. The highest BCUT2D eigenvalue weighted by Gasteiger charge is 2.22. The molecule has 0 spiro atoms. The van der Waals surface area contributed by atoms with Gasteiger partial charge in [0.15, 0.2) is 0 Å². The molecule has 0 heterocycles. The minimum atomic E-state index is 0.155. The lowest BCUT2D eigenvalue weighted by molar-refractivity contribution is 0.530. The molecule has 0 saturated heterocycles. The third-order valence-electron chi connectivity index (χ3n) is 4.60. The van der Waals surface area contributed by atoms with Gasteiger partial charge in [-0.15, -0.1) is 23.3 Å². The van der Waals surface area contributed by atoms with E-state index in [1.807, 2.05) is 113 Å². The Balaban J connectivity index is 0. The molecule has 0 rings (SSSR count). The van der Waals surface area contributed by atoms with Crippen LogP contribution in [0.2, 0.25) is 0 Å². The summed E-state index contributed by atoms with van der Waals surface area (Å²) in [6, 6.07) is 0. The van der Waals surface area contributed by atoms with Gasteiger partial charge in [-0.25, -0.2) is 0 Å². The minimum absolute atomic E-state index is 0.155. The van der Waals surface area contributed by atoms with E-state index >= 15 is 0 Å². The summed E-state index contributed by atoms with van der Waals surface area (Å²) in [5.74, 6) is 13.2. The molecule has 32 heavy (non-hydrogen) atoms. The van der Waals surface area contributed by atoms with E-state index in [4.69, 9.17) is 0 Å². The monoisotopic (exact) mass is 444 g/mol. The first-order valence-corrected chi connectivity index (χ1v) is 10.9. The summed E-state index contributed by atoms with van der Waals surface area (Å²) in [7, 11) is 32.7. The number of rotatable bonds is 8. The summed E-state index contributed by atoms with van der Waals surface area (Å²) in [6.45, 7) is 0.620. The molecule has 0 amide bonds. The zero-order chi connectivity index (χ0) is 25.8. The molecular formula is C20H48B4N8. The molecule has 12 heteroatoms. The lowest BCUT2D eigenvalue weighted by atomic mass is 9.67. The van der Waals surface area contributed by atoms with Gasteiger partial charge in [-0.1, -0.05) is 0 Å². The van der Waals surface area contributed by atoms with Crippen LogP contribution in [0.1, 0.15) is 0 Å². The highest BCUT2D eigenvalue weighted by molar-refractivity contribution is 6.68. The fourth-order valence-electron chi connectivity index (χ4n) is 3.18. The first-order chi connectivity index (χ1) is 14.5. The highest BCUT2D eigenvalue weighted by Crippen LogP contribution is 1.94. The van der Waals surface area contributed by atoms with Crippen LogP contribution in [-0.2, 0) is 0 Å². The van der Waals surface area contributed by atoms with E-state index in [9.17, 15) is 0 Å². The predicted octanol–water partition coefficient (Wildman–Crippen LogP) is -1.42. The van der Waals surface area contributed by atoms with Crippen molar-refractivity contribution in [1.82, 2.24) is 38.5 Å². The van der Waals surface area contributed by atoms with Crippen LogP contribution in [0.5, 0.6) is 0 Å². The van der Waals surface area contributed by atoms with E-state index in [0.29, 0.717) is 0 Å². The van der Waals surface area contributed by atoms with Crippen molar-refractivity contribution in [3.8, 4) is 23.3 Å². The van der Waals surface area contributed by atoms with Crippen molar-refractivity contribution in [2.45, 2.75) is 0 Å². The Morgan fingerprint density at radius 1 is 0.250 bits per heavy atom. The molecule has 0 radical (unpaired) electrons. The zero-order valence-electron chi connectivity index (χ0n) is 23.9. The van der Waals surface area contributed by atoms with Crippen LogP contribution in [0.3, 0.4) is 0 Å². The highest BCUT2D eigenvalue weighted by atomic mass is 15.2. The molecule has 180 valence electrons. The zero-order valence-corrected chi connectivity index (χ0v) is 23.9. The van der Waals surface area contributed by atoms with E-state index < -0.39 is 0 Å². The predicted molar refractivity (Wildman–Crippen MR) is 148 cm³/mol. The van der Waals surface area contributed by atoms with E-state index in [0.717, 1.165) is 0 Å². The molecule has 0 aromatic rings. The summed E-state index contributed by atoms with van der Waals surface area (Å²) in [5, 5.41) is 0. The molecule has 8 nitrogen and oxygen atoms in total. The van der Waals surface area contributed by atoms with Crippen LogP contribution in [0.4, 0.5) is 0 Å². The van der Waals surface area contributed by atoms with Gasteiger partial charge in [0.25, 0.3) is 0 Å². The number of nitrogens with zero attached hydrogens (tertiary/aromatic N) is 8. The molecule has 0 aromatic heterocycles. The van der Waals surface area contributed by atoms with Gasteiger partial charge in [-0.2, -0.15) is 0 Å². The van der Waals surface area contributed by atoms with Crippen LogP contribution in [0.25, 0.3) is 0 Å². The Kier molecular flexibility index (Phi) is 17.3. The third-order valence-corrected chi connectivity index (χ3v) is 4.60. The van der Waals surface area contributed by atoms with Crippen LogP contribution >= 0.6 is 0 Å². The van der Waals surface area contributed by atoms with Crippen molar-refractivity contribution in [2.24, 2.45) is 0 Å². The lowest BCUT2D eigenvalue weighted by Gasteiger charge is -2.23. The second kappa shape index (κ2) is 16.6. The minimum Gasteiger partial charge on any atom is -0.323 e. The standard InChI is InChI=1S/2C10H24B2N4/c2*1-13(2)11(14(3)4)9-10-12(15(5)6)16(7)8/h2*1-8H3. The fraction of sp³-hybridized carbons (Fsp3) is 0.800. The molecule has 0 aliphatic rings. The van der Waals surface area contributed by atoms with Gasteiger partial charge in [0, 0.05) is 0 Å². The van der Waals surface area contributed by atoms with Gasteiger partial charge in [-0.05, 0) is 113 Å². The Bertz CT molecular complexity index is 485. The summed E-state index contributed by atoms with van der Waals surface area (Å²) >= 11 is 0. The van der Waals surface area contributed by atoms with E-state index in [1.165, 1.54) is 0 Å². The lowest BCUT2D eigenvalue weighted by Crippen LogP contribution is -2.47. The summed E-state index contributed by atoms with van der Waals surface area (Å²) in [4.78, 5) is 16.9. The topological polar surface area (TPSA) is 25.9 Å². The molecule has 0 aliphatic carbocycles. The van der Waals surface area contributed by atoms with E-state index in [1.54, 1.807) is 0 Å². The molecule has 0 fully saturated rings. The van der Waals surface area contributed by atoms with Gasteiger partial charge < -0.3 is 38.5 Å². The second-order valence-corrected chi connectivity index (χ2v) is 9.78. The fourth-order valence-corrected chi connectivity index (χ4v) is 3.18. The molecule has 0 unspecified atom stereocenters. The summed E-state index contributed by atoms with van der Waals surface area (Å²) < 4.78 is 0. The van der Waals surface area contributed by atoms with Crippen molar-refractivity contribution in [2.75, 3.05) is 113 Å². The van der Waals surface area contributed by atoms with Crippen LogP contribution in [0.15, 0.2) is 0 Å². The van der Waals surface area contributed by atoms with Crippen molar-refractivity contribution < 1.29 is 0 Å². The first-order valence-electron chi connectivity index (χ1n) is 10.9. The molecule has 0 aliphatic heterocycles. The maximum atomic E-state index is 3.30. The van der Waals surface area contributed by atoms with Crippen LogP contribution in [-0.4, -0.2) is 179 Å². The van der Waals surface area contributed by atoms with Crippen molar-refractivity contribution >= 4 is 27.9 Å². The Hall–Kier alpha value is -0.940. The van der Waals surface area contributed by atoms with E-state index in [2.05, 4.69) is 61.8 Å². The van der Waals surface area contributed by atoms with Crippen LogP contribution in [0, 0.1) is 23.3 Å². The smallest absolute Gasteiger partial charge is 0.323 e. The Labute approximate surface area is 202 Å². The molecule has 0 N–H and O–H groups in total. The summed E-state index contributed by atoms with van der Waals surface area (Å²) in [6.07, 6.45) is 0. The number of hydrogen-bond acceptors (Lipinski definition) is 8. The maximum Gasteiger partial charge on any atom is 0.398 e. The molecule has 0 saturated carbocycles. The van der Waals surface area contributed by atoms with E-state index in [-0.39, 0.29) is 27.9 Å². The van der Waals surface area contributed by atoms with Gasteiger partial charge in [-0.3, -0.25) is 0 Å². The molecule has 0 aromatic carbocycles. The second-order valence-electron chi connectivity index (χ2n) is 9.78.